The second-order valence-corrected chi connectivity index (χ2v) is 7.14. The van der Waals surface area contributed by atoms with E-state index in [1.54, 1.807) is 11.3 Å². The Kier molecular flexibility index (Phi) is 4.69. The lowest BCUT2D eigenvalue weighted by Crippen LogP contribution is -2.16. The Morgan fingerprint density at radius 1 is 1.08 bits per heavy atom. The Balaban J connectivity index is 1.56. The first-order chi connectivity index (χ1) is 12.7. The molecule has 0 bridgehead atoms. The first kappa shape index (κ1) is 16.8. The summed E-state index contributed by atoms with van der Waals surface area (Å²) in [5.41, 5.74) is 2.78. The van der Waals surface area contributed by atoms with Crippen molar-refractivity contribution in [3.8, 4) is 11.4 Å². The Hall–Kier alpha value is -2.70. The predicted octanol–water partition coefficient (Wildman–Crippen LogP) is 4.25. The normalized spacial score (nSPS) is 11.0. The topological polar surface area (TPSA) is 60.9 Å². The fourth-order valence-corrected chi connectivity index (χ4v) is 3.59. The Morgan fingerprint density at radius 2 is 1.85 bits per heavy atom. The average molecular weight is 384 g/mol. The lowest BCUT2D eigenvalue weighted by atomic mass is 10.2. The molecule has 0 unspecified atom stereocenters. The largest absolute Gasteiger partial charge is 0.442 e. The summed E-state index contributed by atoms with van der Waals surface area (Å²) in [6.07, 6.45) is 0.728. The molecule has 0 aliphatic heterocycles. The summed E-state index contributed by atoms with van der Waals surface area (Å²) in [5.74, 6) is 0.0129. The van der Waals surface area contributed by atoms with E-state index in [-0.39, 0.29) is 0 Å². The minimum atomic E-state index is -0.490. The number of hydrogen-bond acceptors (Lipinski definition) is 5. The standard InChI is InChI=1S/C19H14ClN3O2S/c20-15-8-6-13(7-9-15)10-17-21-16(12-26-17)11-23-18(22-25-19(23)24)14-4-2-1-3-5-14/h1-9,12H,10-11H2. The monoisotopic (exact) mass is 383 g/mol. The Labute approximate surface area is 158 Å². The second-order valence-electron chi connectivity index (χ2n) is 5.76. The van der Waals surface area contributed by atoms with Crippen molar-refractivity contribution >= 4 is 22.9 Å². The summed E-state index contributed by atoms with van der Waals surface area (Å²) in [4.78, 5) is 16.7. The van der Waals surface area contributed by atoms with Gasteiger partial charge < -0.3 is 0 Å². The molecule has 2 heterocycles. The van der Waals surface area contributed by atoms with Gasteiger partial charge in [0, 0.05) is 22.4 Å². The SMILES string of the molecule is O=c1onc(-c2ccccc2)n1Cc1csc(Cc2ccc(Cl)cc2)n1. The molecule has 7 heteroatoms. The summed E-state index contributed by atoms with van der Waals surface area (Å²) >= 11 is 7.49. The summed E-state index contributed by atoms with van der Waals surface area (Å²) in [7, 11) is 0. The van der Waals surface area contributed by atoms with E-state index >= 15 is 0 Å². The van der Waals surface area contributed by atoms with Crippen LogP contribution in [0.4, 0.5) is 0 Å². The highest BCUT2D eigenvalue weighted by molar-refractivity contribution is 7.09. The van der Waals surface area contributed by atoms with Gasteiger partial charge >= 0.3 is 5.76 Å². The lowest BCUT2D eigenvalue weighted by molar-refractivity contribution is 0.378. The number of aromatic nitrogens is 3. The average Bonchev–Trinajstić information content (AvgIpc) is 3.25. The van der Waals surface area contributed by atoms with E-state index in [0.29, 0.717) is 17.4 Å². The summed E-state index contributed by atoms with van der Waals surface area (Å²) in [6, 6.07) is 17.2. The third kappa shape index (κ3) is 3.61. The molecule has 0 N–H and O–H groups in total. The third-order valence-corrected chi connectivity index (χ3v) is 5.06. The summed E-state index contributed by atoms with van der Waals surface area (Å²) in [6.45, 7) is 0.323. The minimum Gasteiger partial charge on any atom is -0.295 e. The van der Waals surface area contributed by atoms with Gasteiger partial charge in [-0.1, -0.05) is 59.2 Å². The number of nitrogens with zero attached hydrogens (tertiary/aromatic N) is 3. The van der Waals surface area contributed by atoms with Crippen molar-refractivity contribution in [2.45, 2.75) is 13.0 Å². The van der Waals surface area contributed by atoms with Crippen LogP contribution in [0.15, 0.2) is 69.3 Å². The summed E-state index contributed by atoms with van der Waals surface area (Å²) in [5, 5.41) is 7.56. The maximum absolute atomic E-state index is 12.0. The molecule has 5 nitrogen and oxygen atoms in total. The first-order valence-corrected chi connectivity index (χ1v) is 9.24. The van der Waals surface area contributed by atoms with Crippen LogP contribution < -0.4 is 5.76 Å². The van der Waals surface area contributed by atoms with E-state index in [1.807, 2.05) is 60.0 Å². The minimum absolute atomic E-state index is 0.323. The van der Waals surface area contributed by atoms with Crippen molar-refractivity contribution in [1.29, 1.82) is 0 Å². The molecule has 130 valence electrons. The smallest absolute Gasteiger partial charge is 0.295 e. The van der Waals surface area contributed by atoms with E-state index in [1.165, 1.54) is 4.57 Å². The summed E-state index contributed by atoms with van der Waals surface area (Å²) < 4.78 is 6.35. The van der Waals surface area contributed by atoms with E-state index in [2.05, 4.69) is 10.1 Å². The molecular formula is C19H14ClN3O2S. The molecule has 0 radical (unpaired) electrons. The Bertz CT molecular complexity index is 1070. The van der Waals surface area contributed by atoms with Crippen molar-refractivity contribution in [2.75, 3.05) is 0 Å². The van der Waals surface area contributed by atoms with Gasteiger partial charge in [0.1, 0.15) is 0 Å². The number of rotatable bonds is 5. The molecule has 0 saturated heterocycles. The molecule has 0 amide bonds. The van der Waals surface area contributed by atoms with Crippen molar-refractivity contribution in [3.05, 3.63) is 91.8 Å². The van der Waals surface area contributed by atoms with Crippen LogP contribution in [0.2, 0.25) is 5.02 Å². The second kappa shape index (κ2) is 7.27. The fourth-order valence-electron chi connectivity index (χ4n) is 2.64. The molecule has 4 rings (SSSR count). The Morgan fingerprint density at radius 3 is 2.62 bits per heavy atom. The van der Waals surface area contributed by atoms with E-state index in [4.69, 9.17) is 16.1 Å². The quantitative estimate of drug-likeness (QED) is 0.516. The molecule has 0 spiro atoms. The van der Waals surface area contributed by atoms with Gasteiger partial charge in [0.05, 0.1) is 17.2 Å². The highest BCUT2D eigenvalue weighted by Gasteiger charge is 2.14. The number of thiazole rings is 1. The van der Waals surface area contributed by atoms with Crippen molar-refractivity contribution in [2.24, 2.45) is 0 Å². The zero-order valence-electron chi connectivity index (χ0n) is 13.6. The van der Waals surface area contributed by atoms with Gasteiger partial charge in [-0.15, -0.1) is 11.3 Å². The van der Waals surface area contributed by atoms with Gasteiger partial charge in [0.2, 0.25) is 0 Å². The van der Waals surface area contributed by atoms with Crippen LogP contribution in [0.25, 0.3) is 11.4 Å². The lowest BCUT2D eigenvalue weighted by Gasteiger charge is -2.02. The van der Waals surface area contributed by atoms with Gasteiger partial charge in [-0.3, -0.25) is 9.09 Å². The zero-order chi connectivity index (χ0) is 17.9. The number of halogens is 1. The fraction of sp³-hybridized carbons (Fsp3) is 0.105. The first-order valence-electron chi connectivity index (χ1n) is 7.99. The van der Waals surface area contributed by atoms with Gasteiger partial charge in [0.25, 0.3) is 0 Å². The van der Waals surface area contributed by atoms with Crippen molar-refractivity contribution < 1.29 is 4.52 Å². The van der Waals surface area contributed by atoms with Crippen LogP contribution in [-0.2, 0) is 13.0 Å². The molecule has 0 fully saturated rings. The van der Waals surface area contributed by atoms with E-state index in [9.17, 15) is 4.79 Å². The molecule has 0 atom stereocenters. The molecule has 26 heavy (non-hydrogen) atoms. The molecule has 0 aliphatic rings. The van der Waals surface area contributed by atoms with Crippen molar-refractivity contribution in [3.63, 3.8) is 0 Å². The van der Waals surface area contributed by atoms with Crippen molar-refractivity contribution in [1.82, 2.24) is 14.7 Å². The van der Waals surface area contributed by atoms with Crippen LogP contribution >= 0.6 is 22.9 Å². The van der Waals surface area contributed by atoms with Crippen LogP contribution in [-0.4, -0.2) is 14.7 Å². The number of hydrogen-bond donors (Lipinski definition) is 0. The van der Waals surface area contributed by atoms with Gasteiger partial charge in [0.15, 0.2) is 5.82 Å². The van der Waals surface area contributed by atoms with Gasteiger partial charge in [-0.05, 0) is 17.7 Å². The molecule has 4 aromatic rings. The van der Waals surface area contributed by atoms with Gasteiger partial charge in [-0.2, -0.15) is 0 Å². The van der Waals surface area contributed by atoms with Crippen LogP contribution in [0.5, 0.6) is 0 Å². The van der Waals surface area contributed by atoms with E-state index < -0.39 is 5.76 Å². The molecular weight excluding hydrogens is 370 g/mol. The van der Waals surface area contributed by atoms with Crippen LogP contribution in [0, 0.1) is 0 Å². The van der Waals surface area contributed by atoms with E-state index in [0.717, 1.165) is 28.2 Å². The third-order valence-electron chi connectivity index (χ3n) is 3.91. The molecule has 2 aromatic carbocycles. The highest BCUT2D eigenvalue weighted by Crippen LogP contribution is 2.19. The molecule has 0 aliphatic carbocycles. The van der Waals surface area contributed by atoms with Crippen LogP contribution in [0.1, 0.15) is 16.3 Å². The predicted molar refractivity (Wildman–Crippen MR) is 102 cm³/mol. The highest BCUT2D eigenvalue weighted by atomic mass is 35.5. The maximum atomic E-state index is 12.0. The maximum Gasteiger partial charge on any atom is 0.442 e. The van der Waals surface area contributed by atoms with Crippen LogP contribution in [0.3, 0.4) is 0 Å². The molecule has 2 aromatic heterocycles. The number of benzene rings is 2. The van der Waals surface area contributed by atoms with Gasteiger partial charge in [-0.25, -0.2) is 9.78 Å². The zero-order valence-corrected chi connectivity index (χ0v) is 15.2. The molecule has 0 saturated carbocycles.